The van der Waals surface area contributed by atoms with E-state index < -0.39 is 15.6 Å². The summed E-state index contributed by atoms with van der Waals surface area (Å²) in [5, 5.41) is 10.1. The smallest absolute Gasteiger partial charge is 0.240 e. The highest BCUT2D eigenvalue weighted by molar-refractivity contribution is 7.89. The lowest BCUT2D eigenvalue weighted by atomic mass is 9.96. The molecule has 1 amide bonds. The predicted octanol–water partition coefficient (Wildman–Crippen LogP) is 1.59. The van der Waals surface area contributed by atoms with Crippen LogP contribution in [0.15, 0.2) is 27.6 Å². The van der Waals surface area contributed by atoms with Gasteiger partial charge in [0, 0.05) is 12.6 Å². The van der Waals surface area contributed by atoms with E-state index in [2.05, 4.69) is 25.5 Å². The second-order valence-electron chi connectivity index (χ2n) is 7.02. The van der Waals surface area contributed by atoms with E-state index in [-0.39, 0.29) is 17.3 Å². The SMILES string of the molecule is CNS(=O)(=O)c1cc(NC(=O)CNC2(c3noc(C)n3)CCCC2)ccc1C. The molecule has 0 spiro atoms. The average Bonchev–Trinajstić information content (AvgIpc) is 3.31. The normalized spacial score (nSPS) is 16.2. The molecule has 10 heteroatoms. The number of nitrogens with one attached hydrogen (secondary N) is 3. The average molecular weight is 407 g/mol. The van der Waals surface area contributed by atoms with Crippen molar-refractivity contribution in [2.24, 2.45) is 0 Å². The maximum Gasteiger partial charge on any atom is 0.240 e. The Labute approximate surface area is 164 Å². The maximum absolute atomic E-state index is 12.5. The van der Waals surface area contributed by atoms with Crippen LogP contribution in [0.1, 0.15) is 43.0 Å². The molecule has 1 aromatic carbocycles. The van der Waals surface area contributed by atoms with Crippen molar-refractivity contribution in [3.05, 3.63) is 35.5 Å². The third-order valence-electron chi connectivity index (χ3n) is 5.03. The molecule has 0 radical (unpaired) electrons. The van der Waals surface area contributed by atoms with Crippen molar-refractivity contribution in [3.63, 3.8) is 0 Å². The highest BCUT2D eigenvalue weighted by atomic mass is 32.2. The molecule has 3 N–H and O–H groups in total. The molecule has 1 aliphatic rings. The summed E-state index contributed by atoms with van der Waals surface area (Å²) >= 11 is 0. The summed E-state index contributed by atoms with van der Waals surface area (Å²) in [6.45, 7) is 3.49. The lowest BCUT2D eigenvalue weighted by Gasteiger charge is -2.26. The highest BCUT2D eigenvalue weighted by Gasteiger charge is 2.39. The van der Waals surface area contributed by atoms with Crippen molar-refractivity contribution >= 4 is 21.6 Å². The Kier molecular flexibility index (Phi) is 5.82. The second-order valence-corrected chi connectivity index (χ2v) is 8.87. The molecule has 2 aromatic rings. The van der Waals surface area contributed by atoms with Crippen LogP contribution in [0.3, 0.4) is 0 Å². The Morgan fingerprint density at radius 2 is 1.96 bits per heavy atom. The van der Waals surface area contributed by atoms with E-state index in [1.54, 1.807) is 26.0 Å². The van der Waals surface area contributed by atoms with Crippen molar-refractivity contribution in [2.45, 2.75) is 50.0 Å². The Morgan fingerprint density at radius 1 is 1.25 bits per heavy atom. The van der Waals surface area contributed by atoms with E-state index in [1.807, 2.05) is 0 Å². The Bertz CT molecular complexity index is 964. The minimum Gasteiger partial charge on any atom is -0.340 e. The minimum absolute atomic E-state index is 0.0512. The first-order chi connectivity index (χ1) is 13.3. The number of aryl methyl sites for hydroxylation is 2. The van der Waals surface area contributed by atoms with Gasteiger partial charge in [-0.25, -0.2) is 13.1 Å². The first-order valence-corrected chi connectivity index (χ1v) is 10.6. The number of amides is 1. The third kappa shape index (κ3) is 4.23. The van der Waals surface area contributed by atoms with Crippen molar-refractivity contribution in [1.82, 2.24) is 20.2 Å². The van der Waals surface area contributed by atoms with Gasteiger partial charge in [-0.1, -0.05) is 24.1 Å². The molecule has 0 unspecified atom stereocenters. The number of hydrogen-bond donors (Lipinski definition) is 3. The van der Waals surface area contributed by atoms with Crippen molar-refractivity contribution < 1.29 is 17.7 Å². The molecule has 0 aliphatic heterocycles. The zero-order chi connectivity index (χ0) is 20.4. The zero-order valence-corrected chi connectivity index (χ0v) is 17.0. The molecule has 9 nitrogen and oxygen atoms in total. The molecule has 1 saturated carbocycles. The van der Waals surface area contributed by atoms with E-state index in [0.717, 1.165) is 25.7 Å². The molecular weight excluding hydrogens is 382 g/mol. The number of rotatable bonds is 7. The fraction of sp³-hybridized carbons (Fsp3) is 0.500. The summed E-state index contributed by atoms with van der Waals surface area (Å²) in [4.78, 5) is 16.9. The number of anilines is 1. The largest absolute Gasteiger partial charge is 0.340 e. The van der Waals surface area contributed by atoms with E-state index in [9.17, 15) is 13.2 Å². The molecule has 1 fully saturated rings. The van der Waals surface area contributed by atoms with E-state index in [1.165, 1.54) is 13.1 Å². The van der Waals surface area contributed by atoms with Crippen LogP contribution in [0, 0.1) is 13.8 Å². The molecule has 3 rings (SSSR count). The number of hydrogen-bond acceptors (Lipinski definition) is 7. The van der Waals surface area contributed by atoms with Crippen LogP contribution in [0.4, 0.5) is 5.69 Å². The molecule has 1 aromatic heterocycles. The first kappa shape index (κ1) is 20.4. The lowest BCUT2D eigenvalue weighted by molar-refractivity contribution is -0.115. The Balaban J connectivity index is 1.70. The van der Waals surface area contributed by atoms with E-state index in [0.29, 0.717) is 23.0 Å². The van der Waals surface area contributed by atoms with Crippen LogP contribution < -0.4 is 15.4 Å². The number of nitrogens with zero attached hydrogens (tertiary/aromatic N) is 2. The standard InChI is InChI=1S/C18H25N5O4S/c1-12-6-7-14(10-15(12)28(25,26)19-3)22-16(24)11-20-18(8-4-5-9-18)17-21-13(2)27-23-17/h6-7,10,19-20H,4-5,8-9,11H2,1-3H3,(H,22,24). The van der Waals surface area contributed by atoms with Gasteiger partial charge in [0.05, 0.1) is 17.0 Å². The van der Waals surface area contributed by atoms with Gasteiger partial charge in [-0.2, -0.15) is 4.98 Å². The van der Waals surface area contributed by atoms with Crippen molar-refractivity contribution in [3.8, 4) is 0 Å². The predicted molar refractivity (Wildman–Crippen MR) is 103 cm³/mol. The van der Waals surface area contributed by atoms with Crippen LogP contribution in [-0.2, 0) is 20.4 Å². The van der Waals surface area contributed by atoms with Gasteiger partial charge in [0.1, 0.15) is 0 Å². The van der Waals surface area contributed by atoms with Gasteiger partial charge < -0.3 is 9.84 Å². The van der Waals surface area contributed by atoms with Crippen LogP contribution >= 0.6 is 0 Å². The quantitative estimate of drug-likeness (QED) is 0.636. The number of carbonyl (C=O) groups excluding carboxylic acids is 1. The van der Waals surface area contributed by atoms with E-state index >= 15 is 0 Å². The molecule has 1 heterocycles. The van der Waals surface area contributed by atoms with Gasteiger partial charge in [-0.05, 0) is 44.5 Å². The van der Waals surface area contributed by atoms with Crippen LogP contribution in [0.5, 0.6) is 0 Å². The summed E-state index contributed by atoms with van der Waals surface area (Å²) in [7, 11) is -2.25. The monoisotopic (exact) mass is 407 g/mol. The van der Waals surface area contributed by atoms with Crippen LogP contribution in [-0.4, -0.2) is 38.1 Å². The number of benzene rings is 1. The van der Waals surface area contributed by atoms with Crippen molar-refractivity contribution in [2.75, 3.05) is 18.9 Å². The molecular formula is C18H25N5O4S. The Hall–Kier alpha value is -2.30. The van der Waals surface area contributed by atoms with Gasteiger partial charge in [0.25, 0.3) is 0 Å². The number of sulfonamides is 1. The lowest BCUT2D eigenvalue weighted by Crippen LogP contribution is -2.44. The maximum atomic E-state index is 12.5. The van der Waals surface area contributed by atoms with Gasteiger partial charge in [0.15, 0.2) is 5.82 Å². The first-order valence-electron chi connectivity index (χ1n) is 9.16. The summed E-state index contributed by atoms with van der Waals surface area (Å²) in [6, 6.07) is 4.79. The summed E-state index contributed by atoms with van der Waals surface area (Å²) in [6.07, 6.45) is 3.69. The topological polar surface area (TPSA) is 126 Å². The highest BCUT2D eigenvalue weighted by Crippen LogP contribution is 2.37. The second kappa shape index (κ2) is 7.98. The van der Waals surface area contributed by atoms with Crippen molar-refractivity contribution in [1.29, 1.82) is 0 Å². The minimum atomic E-state index is -3.60. The molecule has 0 saturated heterocycles. The molecule has 0 atom stereocenters. The fourth-order valence-electron chi connectivity index (χ4n) is 3.48. The molecule has 0 bridgehead atoms. The zero-order valence-electron chi connectivity index (χ0n) is 16.2. The summed E-state index contributed by atoms with van der Waals surface area (Å²) in [5.41, 5.74) is 0.549. The number of carbonyl (C=O) groups is 1. The Morgan fingerprint density at radius 3 is 2.57 bits per heavy atom. The van der Waals surface area contributed by atoms with Gasteiger partial charge in [-0.15, -0.1) is 0 Å². The van der Waals surface area contributed by atoms with Crippen LogP contribution in [0.25, 0.3) is 0 Å². The van der Waals surface area contributed by atoms with Gasteiger partial charge >= 0.3 is 0 Å². The summed E-state index contributed by atoms with van der Waals surface area (Å²) < 4.78 is 31.6. The van der Waals surface area contributed by atoms with Gasteiger partial charge in [-0.3, -0.25) is 10.1 Å². The molecule has 28 heavy (non-hydrogen) atoms. The third-order valence-corrected chi connectivity index (χ3v) is 6.59. The number of aromatic nitrogens is 2. The summed E-state index contributed by atoms with van der Waals surface area (Å²) in [5.74, 6) is 0.793. The molecule has 1 aliphatic carbocycles. The molecule has 152 valence electrons. The fourth-order valence-corrected chi connectivity index (χ4v) is 4.48. The van der Waals surface area contributed by atoms with Crippen LogP contribution in [0.2, 0.25) is 0 Å². The van der Waals surface area contributed by atoms with E-state index in [4.69, 9.17) is 4.52 Å². The van der Waals surface area contributed by atoms with Gasteiger partial charge in [0.2, 0.25) is 21.8 Å².